The Balaban J connectivity index is 1.58. The Hall–Kier alpha value is -2.21. The van der Waals surface area contributed by atoms with Crippen LogP contribution in [0.2, 0.25) is 0 Å². The highest BCUT2D eigenvalue weighted by Crippen LogP contribution is 2.19. The molecule has 1 amide bonds. The van der Waals surface area contributed by atoms with Crippen LogP contribution in [0.3, 0.4) is 0 Å². The van der Waals surface area contributed by atoms with Crippen molar-refractivity contribution in [2.45, 2.75) is 32.7 Å². The van der Waals surface area contributed by atoms with Gasteiger partial charge in [-0.2, -0.15) is 0 Å². The van der Waals surface area contributed by atoms with E-state index in [0.717, 1.165) is 5.56 Å². The van der Waals surface area contributed by atoms with E-state index < -0.39 is 0 Å². The maximum Gasteiger partial charge on any atom is 0.247 e. The number of hydrogen-bond donors (Lipinski definition) is 0. The minimum absolute atomic E-state index is 0.107. The zero-order valence-electron chi connectivity index (χ0n) is 13.5. The van der Waals surface area contributed by atoms with Crippen LogP contribution in [-0.2, 0) is 16.0 Å². The average Bonchev–Trinajstić information content (AvgIpc) is 3.03. The van der Waals surface area contributed by atoms with Gasteiger partial charge in [-0.25, -0.2) is 0 Å². The van der Waals surface area contributed by atoms with Gasteiger partial charge >= 0.3 is 0 Å². The van der Waals surface area contributed by atoms with Crippen molar-refractivity contribution in [3.05, 3.63) is 35.7 Å². The minimum atomic E-state index is 0.107. The van der Waals surface area contributed by atoms with Gasteiger partial charge in [-0.1, -0.05) is 17.7 Å². The minimum Gasteiger partial charge on any atom is -0.421 e. The molecule has 1 aliphatic rings. The van der Waals surface area contributed by atoms with E-state index in [-0.39, 0.29) is 11.9 Å². The van der Waals surface area contributed by atoms with Crippen molar-refractivity contribution in [1.82, 2.24) is 15.1 Å². The number of carbonyl (C=O) groups is 1. The summed E-state index contributed by atoms with van der Waals surface area (Å²) >= 11 is 0. The van der Waals surface area contributed by atoms with E-state index >= 15 is 0 Å². The molecule has 1 unspecified atom stereocenters. The zero-order valence-corrected chi connectivity index (χ0v) is 13.5. The van der Waals surface area contributed by atoms with Crippen molar-refractivity contribution in [3.63, 3.8) is 0 Å². The number of aromatic nitrogens is 2. The summed E-state index contributed by atoms with van der Waals surface area (Å²) in [6, 6.07) is 8.04. The first kappa shape index (κ1) is 15.7. The summed E-state index contributed by atoms with van der Waals surface area (Å²) < 4.78 is 11.0. The fourth-order valence-corrected chi connectivity index (χ4v) is 2.62. The molecule has 1 saturated heterocycles. The van der Waals surface area contributed by atoms with Gasteiger partial charge in [0.15, 0.2) is 0 Å². The van der Waals surface area contributed by atoms with Gasteiger partial charge in [0.1, 0.15) is 0 Å². The van der Waals surface area contributed by atoms with Crippen molar-refractivity contribution in [1.29, 1.82) is 0 Å². The first-order valence-corrected chi connectivity index (χ1v) is 7.90. The number of rotatable bonds is 4. The van der Waals surface area contributed by atoms with Crippen LogP contribution >= 0.6 is 0 Å². The number of nitrogens with zero attached hydrogens (tertiary/aromatic N) is 3. The normalized spacial score (nSPS) is 18.2. The van der Waals surface area contributed by atoms with E-state index in [1.54, 1.807) is 0 Å². The number of carbonyl (C=O) groups excluding carboxylic acids is 1. The Labute approximate surface area is 135 Å². The molecule has 0 radical (unpaired) electrons. The molecule has 1 fully saturated rings. The smallest absolute Gasteiger partial charge is 0.247 e. The topological polar surface area (TPSA) is 68.5 Å². The molecular formula is C17H21N3O3. The van der Waals surface area contributed by atoms with Gasteiger partial charge in [0, 0.05) is 24.9 Å². The van der Waals surface area contributed by atoms with Gasteiger partial charge in [-0.15, -0.1) is 10.2 Å². The van der Waals surface area contributed by atoms with Crippen LogP contribution < -0.4 is 0 Å². The Morgan fingerprint density at radius 1 is 1.30 bits per heavy atom. The molecule has 1 aromatic heterocycles. The summed E-state index contributed by atoms with van der Waals surface area (Å²) in [7, 11) is 0. The number of ether oxygens (including phenoxy) is 1. The van der Waals surface area contributed by atoms with Crippen LogP contribution in [-0.4, -0.2) is 46.8 Å². The van der Waals surface area contributed by atoms with Crippen LogP contribution in [0.4, 0.5) is 0 Å². The van der Waals surface area contributed by atoms with Gasteiger partial charge in [0.05, 0.1) is 19.3 Å². The molecule has 0 N–H and O–H groups in total. The highest BCUT2D eigenvalue weighted by Gasteiger charge is 2.23. The van der Waals surface area contributed by atoms with Crippen LogP contribution in [0.15, 0.2) is 28.7 Å². The summed E-state index contributed by atoms with van der Waals surface area (Å²) in [4.78, 5) is 14.1. The van der Waals surface area contributed by atoms with Gasteiger partial charge in [-0.05, 0) is 26.0 Å². The van der Waals surface area contributed by atoms with Crippen molar-refractivity contribution in [2.75, 3.05) is 19.8 Å². The molecule has 1 aliphatic heterocycles. The van der Waals surface area contributed by atoms with Gasteiger partial charge in [0.25, 0.3) is 0 Å². The van der Waals surface area contributed by atoms with Crippen molar-refractivity contribution in [2.24, 2.45) is 0 Å². The molecule has 0 bridgehead atoms. The Bertz CT molecular complexity index is 666. The molecule has 6 heteroatoms. The molecule has 2 heterocycles. The zero-order chi connectivity index (χ0) is 16.2. The molecule has 0 spiro atoms. The molecule has 3 rings (SSSR count). The van der Waals surface area contributed by atoms with Crippen LogP contribution in [0.5, 0.6) is 0 Å². The average molecular weight is 315 g/mol. The number of hydrogen-bond acceptors (Lipinski definition) is 5. The molecule has 2 aromatic rings. The molecule has 1 atom stereocenters. The largest absolute Gasteiger partial charge is 0.421 e. The van der Waals surface area contributed by atoms with Gasteiger partial charge in [0.2, 0.25) is 17.7 Å². The first-order valence-electron chi connectivity index (χ1n) is 7.90. The second-order valence-electron chi connectivity index (χ2n) is 5.88. The lowest BCUT2D eigenvalue weighted by Gasteiger charge is -2.33. The van der Waals surface area contributed by atoms with Crippen LogP contribution in [0.1, 0.15) is 24.8 Å². The third kappa shape index (κ3) is 3.76. The molecule has 0 saturated carbocycles. The van der Waals surface area contributed by atoms with E-state index in [0.29, 0.717) is 44.4 Å². The van der Waals surface area contributed by atoms with E-state index in [4.69, 9.17) is 9.15 Å². The highest BCUT2D eigenvalue weighted by molar-refractivity contribution is 5.76. The lowest BCUT2D eigenvalue weighted by atomic mass is 10.1. The maximum absolute atomic E-state index is 12.3. The number of amides is 1. The maximum atomic E-state index is 12.3. The number of morpholine rings is 1. The predicted octanol–water partition coefficient (Wildman–Crippen LogP) is 2.22. The second-order valence-corrected chi connectivity index (χ2v) is 5.88. The summed E-state index contributed by atoms with van der Waals surface area (Å²) in [5, 5.41) is 8.10. The lowest BCUT2D eigenvalue weighted by molar-refractivity contribution is -0.139. The van der Waals surface area contributed by atoms with Crippen LogP contribution in [0.25, 0.3) is 11.5 Å². The molecular weight excluding hydrogens is 294 g/mol. The number of benzene rings is 1. The monoisotopic (exact) mass is 315 g/mol. The fourth-order valence-electron chi connectivity index (χ4n) is 2.62. The van der Waals surface area contributed by atoms with Crippen LogP contribution in [0, 0.1) is 6.92 Å². The van der Waals surface area contributed by atoms with Crippen molar-refractivity contribution in [3.8, 4) is 11.5 Å². The highest BCUT2D eigenvalue weighted by atomic mass is 16.5. The summed E-state index contributed by atoms with van der Waals surface area (Å²) in [6.45, 7) is 5.89. The van der Waals surface area contributed by atoms with E-state index in [1.165, 1.54) is 5.56 Å². The first-order chi connectivity index (χ1) is 11.1. The van der Waals surface area contributed by atoms with Gasteiger partial charge < -0.3 is 14.1 Å². The van der Waals surface area contributed by atoms with Gasteiger partial charge in [-0.3, -0.25) is 4.79 Å². The third-order valence-corrected chi connectivity index (χ3v) is 4.01. The summed E-state index contributed by atoms with van der Waals surface area (Å²) in [5.74, 6) is 1.10. The van der Waals surface area contributed by atoms with Crippen molar-refractivity contribution < 1.29 is 13.9 Å². The molecule has 23 heavy (non-hydrogen) atoms. The SMILES string of the molecule is Cc1ccc(-c2nnc(CCC(=O)N3CCOCC3C)o2)cc1. The lowest BCUT2D eigenvalue weighted by Crippen LogP contribution is -2.47. The fraction of sp³-hybridized carbons (Fsp3) is 0.471. The summed E-state index contributed by atoms with van der Waals surface area (Å²) in [5.41, 5.74) is 2.07. The summed E-state index contributed by atoms with van der Waals surface area (Å²) in [6.07, 6.45) is 0.835. The van der Waals surface area contributed by atoms with E-state index in [9.17, 15) is 4.79 Å². The van der Waals surface area contributed by atoms with Crippen molar-refractivity contribution >= 4 is 5.91 Å². The predicted molar refractivity (Wildman–Crippen MR) is 84.8 cm³/mol. The Kier molecular flexibility index (Phi) is 4.71. The molecule has 122 valence electrons. The number of aryl methyl sites for hydroxylation is 2. The van der Waals surface area contributed by atoms with E-state index in [1.807, 2.05) is 43.0 Å². The molecule has 0 aliphatic carbocycles. The second kappa shape index (κ2) is 6.91. The Morgan fingerprint density at radius 3 is 2.83 bits per heavy atom. The molecule has 6 nitrogen and oxygen atoms in total. The quantitative estimate of drug-likeness (QED) is 0.865. The Morgan fingerprint density at radius 2 is 2.09 bits per heavy atom. The molecule has 1 aromatic carbocycles. The standard InChI is InChI=1S/C17H21N3O3/c1-12-3-5-14(6-4-12)17-19-18-15(23-17)7-8-16(21)20-9-10-22-11-13(20)2/h3-6,13H,7-11H2,1-2H3. The third-order valence-electron chi connectivity index (χ3n) is 4.01. The van der Waals surface area contributed by atoms with E-state index in [2.05, 4.69) is 10.2 Å².